The summed E-state index contributed by atoms with van der Waals surface area (Å²) in [5.74, 6) is -3.85. The van der Waals surface area contributed by atoms with Gasteiger partial charge in [-0.25, -0.2) is 0 Å². The van der Waals surface area contributed by atoms with Crippen LogP contribution in [-0.2, 0) is 33.2 Å². The number of rotatable bonds is 8. The van der Waals surface area contributed by atoms with Crippen molar-refractivity contribution in [2.75, 3.05) is 19.8 Å². The van der Waals surface area contributed by atoms with Gasteiger partial charge in [0.05, 0.1) is 25.2 Å². The van der Waals surface area contributed by atoms with E-state index in [1.54, 1.807) is 6.92 Å². The number of hydrogen-bond donors (Lipinski definition) is 9. The lowest BCUT2D eigenvalue weighted by molar-refractivity contribution is -0.355. The lowest BCUT2D eigenvalue weighted by Gasteiger charge is -2.54. The minimum Gasteiger partial charge on any atom is -0.456 e. The normalized spacial score (nSPS) is 53.5. The summed E-state index contributed by atoms with van der Waals surface area (Å²) in [6, 6.07) is 0. The zero-order chi connectivity index (χ0) is 40.3. The second-order valence-corrected chi connectivity index (χ2v) is 18.4. The van der Waals surface area contributed by atoms with Crippen LogP contribution in [0.4, 0.5) is 0 Å². The number of carbonyl (C=O) groups is 1. The van der Waals surface area contributed by atoms with E-state index in [0.717, 1.165) is 32.1 Å². The molecule has 9 N–H and O–H groups in total. The highest BCUT2D eigenvalue weighted by Crippen LogP contribution is 2.66. The summed E-state index contributed by atoms with van der Waals surface area (Å²) in [5, 5.41) is 95.4. The average molecular weight is 797 g/mol. The molecule has 16 nitrogen and oxygen atoms in total. The molecule has 0 aromatic rings. The van der Waals surface area contributed by atoms with Crippen LogP contribution in [0.15, 0.2) is 22.8 Å². The van der Waals surface area contributed by atoms with Crippen LogP contribution in [0.2, 0.25) is 0 Å². The standard InChI is InChI=1S/C40H60O16/c1-17(14-41)40(50)33-31(56-39(40,4)49)26(34(48)55-33)23-8-7-21-20-6-5-18-13-19(9-11-37(18,2)22(20)10-12-38(21,23)3)52-36-30(47)32(28(45)25(15-42)53-36)54-35-29(46)27(44)24(43)16-51-35/h7,17-19,23-33,35-36,41-47,49-50H,5-6,8-16H2,1-4H3/t17-,18-,19-,23+,24+,25+,26-,27-,28+,29+,30+,31-,32-,33+,35-,36+,37-,38-,39+,40+/m0/s1. The zero-order valence-corrected chi connectivity index (χ0v) is 32.5. The number of carbonyl (C=O) groups excluding carboxylic acids is 1. The van der Waals surface area contributed by atoms with Gasteiger partial charge >= 0.3 is 5.97 Å². The van der Waals surface area contributed by atoms with Gasteiger partial charge in [-0.3, -0.25) is 4.79 Å². The van der Waals surface area contributed by atoms with Crippen molar-refractivity contribution in [1.29, 1.82) is 0 Å². The van der Waals surface area contributed by atoms with Gasteiger partial charge < -0.3 is 74.4 Å². The second-order valence-electron chi connectivity index (χ2n) is 18.4. The number of hydrogen-bond acceptors (Lipinski definition) is 16. The van der Waals surface area contributed by atoms with Crippen LogP contribution >= 0.6 is 0 Å². The Morgan fingerprint density at radius 3 is 2.38 bits per heavy atom. The van der Waals surface area contributed by atoms with Gasteiger partial charge in [0, 0.05) is 12.5 Å². The minimum absolute atomic E-state index is 0.114. The van der Waals surface area contributed by atoms with Crippen LogP contribution in [0.5, 0.6) is 0 Å². The second kappa shape index (κ2) is 14.5. The Hall–Kier alpha value is -1.61. The average Bonchev–Trinajstić information content (AvgIpc) is 3.74. The third kappa shape index (κ3) is 6.04. The van der Waals surface area contributed by atoms with Crippen molar-refractivity contribution in [3.8, 4) is 0 Å². The lowest BCUT2D eigenvalue weighted by Crippen LogP contribution is -2.63. The minimum atomic E-state index is -2.02. The maximum Gasteiger partial charge on any atom is 0.312 e. The number of aliphatic hydroxyl groups is 9. The van der Waals surface area contributed by atoms with Gasteiger partial charge in [-0.05, 0) is 92.1 Å². The first-order valence-electron chi connectivity index (χ1n) is 20.4. The quantitative estimate of drug-likeness (QED) is 0.138. The Balaban J connectivity index is 0.955. The molecule has 20 atom stereocenters. The first-order valence-corrected chi connectivity index (χ1v) is 20.4. The van der Waals surface area contributed by atoms with Crippen LogP contribution in [-0.4, -0.2) is 157 Å². The molecule has 0 unspecified atom stereocenters. The van der Waals surface area contributed by atoms with Gasteiger partial charge in [-0.2, -0.15) is 0 Å². The Labute approximate surface area is 326 Å². The van der Waals surface area contributed by atoms with Gasteiger partial charge in [-0.1, -0.05) is 32.4 Å². The molecular formula is C40H60O16. The van der Waals surface area contributed by atoms with E-state index in [-0.39, 0.29) is 35.4 Å². The van der Waals surface area contributed by atoms with Crippen molar-refractivity contribution < 1.29 is 79.2 Å². The molecule has 4 saturated heterocycles. The van der Waals surface area contributed by atoms with E-state index < -0.39 is 110 Å². The number of esters is 1. The Bertz CT molecular complexity index is 1580. The molecule has 0 radical (unpaired) electrons. The van der Waals surface area contributed by atoms with Crippen molar-refractivity contribution in [2.24, 2.45) is 34.5 Å². The molecule has 16 heteroatoms. The van der Waals surface area contributed by atoms with E-state index >= 15 is 0 Å². The number of fused-ring (bicyclic) bond motifs is 5. The van der Waals surface area contributed by atoms with Crippen molar-refractivity contribution in [1.82, 2.24) is 0 Å². The summed E-state index contributed by atoms with van der Waals surface area (Å²) in [5.41, 5.74) is 1.61. The molecule has 1 saturated carbocycles. The molecule has 0 amide bonds. The van der Waals surface area contributed by atoms with E-state index in [2.05, 4.69) is 19.9 Å². The van der Waals surface area contributed by atoms with Crippen molar-refractivity contribution in [2.45, 2.75) is 164 Å². The van der Waals surface area contributed by atoms with Gasteiger partial charge in [0.1, 0.15) is 48.8 Å². The summed E-state index contributed by atoms with van der Waals surface area (Å²) in [6.07, 6.45) is -6.67. The van der Waals surface area contributed by atoms with Crippen molar-refractivity contribution in [3.05, 3.63) is 22.8 Å². The maximum absolute atomic E-state index is 13.6. The van der Waals surface area contributed by atoms with Crippen LogP contribution in [0.1, 0.15) is 79.1 Å². The fourth-order valence-corrected chi connectivity index (χ4v) is 12.1. The number of aliphatic hydroxyl groups excluding tert-OH is 7. The number of ether oxygens (including phenoxy) is 6. The third-order valence-corrected chi connectivity index (χ3v) is 15.5. The molecule has 0 aromatic heterocycles. The lowest BCUT2D eigenvalue weighted by atomic mass is 9.51. The van der Waals surface area contributed by atoms with E-state index in [1.165, 1.54) is 23.6 Å². The fourth-order valence-electron chi connectivity index (χ4n) is 12.1. The Morgan fingerprint density at radius 1 is 0.911 bits per heavy atom. The predicted octanol–water partition coefficient (Wildman–Crippen LogP) is -0.714. The first kappa shape index (κ1) is 41.1. The molecule has 5 fully saturated rings. The van der Waals surface area contributed by atoms with Gasteiger partial charge in [0.25, 0.3) is 0 Å². The number of allylic oxidation sites excluding steroid dienone is 4. The monoisotopic (exact) mass is 796 g/mol. The molecule has 0 spiro atoms. The molecule has 4 aliphatic heterocycles. The highest BCUT2D eigenvalue weighted by molar-refractivity contribution is 5.77. The molecule has 8 aliphatic rings. The molecule has 4 heterocycles. The molecule has 316 valence electrons. The van der Waals surface area contributed by atoms with Crippen molar-refractivity contribution in [3.63, 3.8) is 0 Å². The predicted molar refractivity (Wildman–Crippen MR) is 191 cm³/mol. The fraction of sp³-hybridized carbons (Fsp3) is 0.875. The molecule has 0 aromatic carbocycles. The summed E-state index contributed by atoms with van der Waals surface area (Å²) in [4.78, 5) is 13.6. The molecule has 8 rings (SSSR count). The van der Waals surface area contributed by atoms with E-state index in [9.17, 15) is 50.8 Å². The molecule has 56 heavy (non-hydrogen) atoms. The largest absolute Gasteiger partial charge is 0.456 e. The molecular weight excluding hydrogens is 736 g/mol. The third-order valence-electron chi connectivity index (χ3n) is 15.5. The zero-order valence-electron chi connectivity index (χ0n) is 32.5. The summed E-state index contributed by atoms with van der Waals surface area (Å²) in [6.45, 7) is 6.16. The van der Waals surface area contributed by atoms with E-state index in [0.29, 0.717) is 19.3 Å². The highest BCUT2D eigenvalue weighted by atomic mass is 16.7. The Kier molecular flexibility index (Phi) is 10.7. The molecule has 4 aliphatic carbocycles. The first-order chi connectivity index (χ1) is 26.4. The van der Waals surface area contributed by atoms with Gasteiger partial charge in [-0.15, -0.1) is 0 Å². The maximum atomic E-state index is 13.6. The van der Waals surface area contributed by atoms with Crippen molar-refractivity contribution >= 4 is 5.97 Å². The van der Waals surface area contributed by atoms with Crippen LogP contribution < -0.4 is 0 Å². The van der Waals surface area contributed by atoms with E-state index in [1.807, 2.05) is 0 Å². The van der Waals surface area contributed by atoms with Crippen LogP contribution in [0, 0.1) is 34.5 Å². The summed E-state index contributed by atoms with van der Waals surface area (Å²) >= 11 is 0. The summed E-state index contributed by atoms with van der Waals surface area (Å²) < 4.78 is 35.2. The van der Waals surface area contributed by atoms with E-state index in [4.69, 9.17) is 28.4 Å². The summed E-state index contributed by atoms with van der Waals surface area (Å²) in [7, 11) is 0. The smallest absolute Gasteiger partial charge is 0.312 e. The Morgan fingerprint density at radius 2 is 1.66 bits per heavy atom. The van der Waals surface area contributed by atoms with Gasteiger partial charge in [0.15, 0.2) is 30.1 Å². The van der Waals surface area contributed by atoms with Crippen LogP contribution in [0.3, 0.4) is 0 Å². The van der Waals surface area contributed by atoms with Crippen LogP contribution in [0.25, 0.3) is 0 Å². The molecule has 0 bridgehead atoms. The highest BCUT2D eigenvalue weighted by Gasteiger charge is 2.73. The topological polar surface area (TPSA) is 255 Å². The van der Waals surface area contributed by atoms with Gasteiger partial charge in [0.2, 0.25) is 0 Å². The SMILES string of the molecule is C[C@@H](CO)[C@@]1(O)[C@@H]2OC(=O)[C@@H]([C@H]3CC=C4C5=C(CC[C@@]43C)[C@@]3(C)CC[C@H](O[C@@H]4O[C@H](CO)[C@@H](O)[C@H](O[C@@H]6OC[C@@H](O)[C@H](O)[C@H]6O)[C@H]4O)C[C@@H]3CC5)[C@@H]2O[C@@]1(C)O.